The van der Waals surface area contributed by atoms with E-state index in [1.54, 1.807) is 6.20 Å². The van der Waals surface area contributed by atoms with Gasteiger partial charge in [-0.3, -0.25) is 14.6 Å². The number of rotatable bonds is 4. The molecule has 3 heterocycles. The van der Waals surface area contributed by atoms with E-state index in [0.717, 1.165) is 10.8 Å². The largest absolute Gasteiger partial charge is 0.431 e. The third-order valence-electron chi connectivity index (χ3n) is 5.66. The van der Waals surface area contributed by atoms with Crippen LogP contribution < -0.4 is 5.32 Å². The summed E-state index contributed by atoms with van der Waals surface area (Å²) in [6.07, 6.45) is 1.82. The molecule has 2 aliphatic heterocycles. The first-order chi connectivity index (χ1) is 13.7. The summed E-state index contributed by atoms with van der Waals surface area (Å²) >= 11 is 0. The number of nitrogens with one attached hydrogen (secondary N) is 1. The van der Waals surface area contributed by atoms with E-state index in [2.05, 4.69) is 15.5 Å². The maximum Gasteiger partial charge on any atom is 0.310 e. The molecule has 0 saturated carbocycles. The van der Waals surface area contributed by atoms with Crippen LogP contribution in [0.3, 0.4) is 0 Å². The van der Waals surface area contributed by atoms with Crippen LogP contribution in [0, 0.1) is 5.92 Å². The Kier molecular flexibility index (Phi) is 4.53. The molecule has 0 radical (unpaired) electrons. The summed E-state index contributed by atoms with van der Waals surface area (Å²) in [5.74, 6) is -3.00. The maximum atomic E-state index is 13.2. The molecule has 29 heavy (non-hydrogen) atoms. The fourth-order valence-electron chi connectivity index (χ4n) is 3.78. The summed E-state index contributed by atoms with van der Waals surface area (Å²) in [5.41, 5.74) is -0.0173. The molecule has 8 nitrogen and oxygen atoms in total. The van der Waals surface area contributed by atoms with E-state index in [-0.39, 0.29) is 18.8 Å². The molecule has 8 heteroatoms. The number of esters is 1. The molecule has 4 rings (SSSR count). The summed E-state index contributed by atoms with van der Waals surface area (Å²) in [6.45, 7) is 5.08. The number of amides is 1. The van der Waals surface area contributed by atoms with E-state index >= 15 is 0 Å². The van der Waals surface area contributed by atoms with E-state index in [1.165, 1.54) is 6.92 Å². The molecule has 1 aromatic heterocycles. The van der Waals surface area contributed by atoms with E-state index < -0.39 is 29.3 Å². The van der Waals surface area contributed by atoms with Gasteiger partial charge < -0.3 is 20.0 Å². The number of hydrogen-bond acceptors (Lipinski definition) is 7. The summed E-state index contributed by atoms with van der Waals surface area (Å²) in [6, 6.07) is 8.86. The second-order valence-corrected chi connectivity index (χ2v) is 7.99. The average molecular weight is 397 g/mol. The van der Waals surface area contributed by atoms with Crippen LogP contribution >= 0.6 is 0 Å². The fraction of sp³-hybridized carbons (Fsp3) is 0.429. The predicted molar refractivity (Wildman–Crippen MR) is 105 cm³/mol. The van der Waals surface area contributed by atoms with Crippen molar-refractivity contribution in [3.63, 3.8) is 0 Å². The van der Waals surface area contributed by atoms with Crippen molar-refractivity contribution in [1.29, 1.82) is 0 Å². The van der Waals surface area contributed by atoms with E-state index in [0.29, 0.717) is 11.4 Å². The molecular formula is C21H23N3O5. The van der Waals surface area contributed by atoms with Gasteiger partial charge in [0.25, 0.3) is 5.91 Å². The Morgan fingerprint density at radius 3 is 2.76 bits per heavy atom. The number of carbonyl (C=O) groups is 2. The smallest absolute Gasteiger partial charge is 0.310 e. The van der Waals surface area contributed by atoms with Crippen LogP contribution in [0.15, 0.2) is 41.7 Å². The zero-order chi connectivity index (χ0) is 20.8. The highest BCUT2D eigenvalue weighted by atomic mass is 16.7. The second-order valence-electron chi connectivity index (χ2n) is 7.99. The predicted octanol–water partition coefficient (Wildman–Crippen LogP) is 1.89. The molecule has 2 aliphatic rings. The highest BCUT2D eigenvalue weighted by Gasteiger charge is 2.53. The van der Waals surface area contributed by atoms with Gasteiger partial charge in [-0.2, -0.15) is 0 Å². The molecule has 0 spiro atoms. The molecule has 0 bridgehead atoms. The first-order valence-electron chi connectivity index (χ1n) is 9.57. The maximum absolute atomic E-state index is 13.2. The number of pyridine rings is 1. The molecule has 2 N–H and O–H groups in total. The van der Waals surface area contributed by atoms with Gasteiger partial charge in [0.2, 0.25) is 11.4 Å². The topological polar surface area (TPSA) is 110 Å². The SMILES string of the molecule is CC(C)[C@@]1(C(=O)N[C@H]2CC(=O)O[C@@]2(C)O)CC(c2nccc3ccccc23)=NO1. The summed E-state index contributed by atoms with van der Waals surface area (Å²) in [5, 5.41) is 19.1. The van der Waals surface area contributed by atoms with Gasteiger partial charge in [-0.1, -0.05) is 43.3 Å². The Morgan fingerprint density at radius 2 is 2.07 bits per heavy atom. The molecule has 0 aliphatic carbocycles. The third kappa shape index (κ3) is 3.23. The summed E-state index contributed by atoms with van der Waals surface area (Å²) in [4.78, 5) is 34.9. The van der Waals surface area contributed by atoms with Crippen LogP contribution in [0.1, 0.15) is 39.3 Å². The van der Waals surface area contributed by atoms with Crippen molar-refractivity contribution in [2.24, 2.45) is 11.1 Å². The van der Waals surface area contributed by atoms with Gasteiger partial charge in [0.1, 0.15) is 11.8 Å². The van der Waals surface area contributed by atoms with Crippen molar-refractivity contribution in [1.82, 2.24) is 10.3 Å². The van der Waals surface area contributed by atoms with Crippen LogP contribution in [0.4, 0.5) is 0 Å². The molecule has 3 atom stereocenters. The number of aliphatic hydroxyl groups is 1. The molecule has 1 fully saturated rings. The van der Waals surface area contributed by atoms with Crippen molar-refractivity contribution in [2.75, 3.05) is 0 Å². The zero-order valence-electron chi connectivity index (χ0n) is 16.5. The number of cyclic esters (lactones) is 1. The lowest BCUT2D eigenvalue weighted by Crippen LogP contribution is -2.57. The van der Waals surface area contributed by atoms with Gasteiger partial charge in [-0.15, -0.1) is 0 Å². The van der Waals surface area contributed by atoms with Crippen molar-refractivity contribution in [2.45, 2.75) is 51.0 Å². The quantitative estimate of drug-likeness (QED) is 0.763. The first kappa shape index (κ1) is 19.3. The van der Waals surface area contributed by atoms with E-state index in [4.69, 9.17) is 9.57 Å². The highest BCUT2D eigenvalue weighted by Crippen LogP contribution is 2.36. The number of aromatic nitrogens is 1. The third-order valence-corrected chi connectivity index (χ3v) is 5.66. The van der Waals surface area contributed by atoms with Gasteiger partial charge in [0.15, 0.2) is 0 Å². The Morgan fingerprint density at radius 1 is 1.31 bits per heavy atom. The highest BCUT2D eigenvalue weighted by molar-refractivity contribution is 6.11. The van der Waals surface area contributed by atoms with E-state index in [9.17, 15) is 14.7 Å². The molecule has 1 aromatic carbocycles. The van der Waals surface area contributed by atoms with Crippen LogP contribution in [-0.4, -0.2) is 45.1 Å². The minimum Gasteiger partial charge on any atom is -0.431 e. The monoisotopic (exact) mass is 397 g/mol. The minimum atomic E-state index is -1.76. The molecular weight excluding hydrogens is 374 g/mol. The minimum absolute atomic E-state index is 0.106. The number of ether oxygens (including phenoxy) is 1. The number of fused-ring (bicyclic) bond motifs is 1. The molecule has 2 aromatic rings. The lowest BCUT2D eigenvalue weighted by atomic mass is 9.83. The van der Waals surface area contributed by atoms with Gasteiger partial charge in [-0.25, -0.2) is 0 Å². The van der Waals surface area contributed by atoms with Crippen LogP contribution in [0.2, 0.25) is 0 Å². The summed E-state index contributed by atoms with van der Waals surface area (Å²) in [7, 11) is 0. The van der Waals surface area contributed by atoms with Crippen molar-refractivity contribution >= 4 is 28.4 Å². The standard InChI is InChI=1S/C21H23N3O5/c1-12(2)21(19(26)23-16-10-17(25)28-20(16,3)27)11-15(24-29-21)18-14-7-5-4-6-13(14)8-9-22-18/h4-9,12,16,27H,10-11H2,1-3H3,(H,23,26)/t16-,20+,21+/m0/s1. The number of oxime groups is 1. The average Bonchev–Trinajstić information content (AvgIpc) is 3.23. The number of benzene rings is 1. The lowest BCUT2D eigenvalue weighted by Gasteiger charge is -2.32. The fourth-order valence-corrected chi connectivity index (χ4v) is 3.78. The van der Waals surface area contributed by atoms with Gasteiger partial charge in [0.05, 0.1) is 12.1 Å². The van der Waals surface area contributed by atoms with Crippen molar-refractivity contribution < 1.29 is 24.3 Å². The Hall–Kier alpha value is -3.00. The molecule has 152 valence electrons. The lowest BCUT2D eigenvalue weighted by molar-refractivity contribution is -0.188. The van der Waals surface area contributed by atoms with Crippen LogP contribution in [0.5, 0.6) is 0 Å². The van der Waals surface area contributed by atoms with Crippen LogP contribution in [0.25, 0.3) is 10.8 Å². The van der Waals surface area contributed by atoms with E-state index in [1.807, 2.05) is 44.2 Å². The summed E-state index contributed by atoms with van der Waals surface area (Å²) < 4.78 is 4.88. The number of carbonyl (C=O) groups excluding carboxylic acids is 2. The number of hydrogen-bond donors (Lipinski definition) is 2. The molecule has 1 amide bonds. The van der Waals surface area contributed by atoms with Gasteiger partial charge in [-0.05, 0) is 11.5 Å². The Labute approximate surface area is 167 Å². The molecule has 1 saturated heterocycles. The normalized spacial score (nSPS) is 28.9. The first-order valence-corrected chi connectivity index (χ1v) is 9.57. The Bertz CT molecular complexity index is 1010. The molecule has 0 unspecified atom stereocenters. The van der Waals surface area contributed by atoms with Crippen molar-refractivity contribution in [3.05, 3.63) is 42.2 Å². The number of nitrogens with zero attached hydrogens (tertiary/aromatic N) is 2. The second kappa shape index (κ2) is 6.81. The zero-order valence-corrected chi connectivity index (χ0v) is 16.5. The van der Waals surface area contributed by atoms with Gasteiger partial charge in [0, 0.05) is 30.8 Å². The van der Waals surface area contributed by atoms with Crippen LogP contribution in [-0.2, 0) is 19.2 Å². The van der Waals surface area contributed by atoms with Crippen molar-refractivity contribution in [3.8, 4) is 0 Å². The van der Waals surface area contributed by atoms with Gasteiger partial charge >= 0.3 is 5.97 Å². The Balaban J connectivity index is 1.61.